The number of anilines is 3. The van der Waals surface area contributed by atoms with Gasteiger partial charge in [-0.2, -0.15) is 10.4 Å². The summed E-state index contributed by atoms with van der Waals surface area (Å²) in [5, 5.41) is 23.5. The van der Waals surface area contributed by atoms with Crippen LogP contribution in [0.4, 0.5) is 26.5 Å². The number of carbonyl (C=O) groups is 1. The number of benzene rings is 1. The highest BCUT2D eigenvalue weighted by Gasteiger charge is 2.25. The van der Waals surface area contributed by atoms with Crippen LogP contribution in [0.3, 0.4) is 0 Å². The van der Waals surface area contributed by atoms with Crippen molar-refractivity contribution in [1.29, 1.82) is 5.26 Å². The zero-order valence-electron chi connectivity index (χ0n) is 21.3. The van der Waals surface area contributed by atoms with E-state index in [2.05, 4.69) is 26.0 Å². The van der Waals surface area contributed by atoms with Crippen molar-refractivity contribution in [3.8, 4) is 6.07 Å². The Balaban J connectivity index is 1.84. The second-order valence-corrected chi connectivity index (χ2v) is 9.34. The van der Waals surface area contributed by atoms with Gasteiger partial charge in [-0.25, -0.2) is 14.2 Å². The molecule has 1 amide bonds. The number of hydrogen-bond acceptors (Lipinski definition) is 8. The van der Waals surface area contributed by atoms with Gasteiger partial charge < -0.3 is 25.4 Å². The number of pyridine rings is 1. The lowest BCUT2D eigenvalue weighted by molar-refractivity contribution is 0.0488. The smallest absolute Gasteiger partial charge is 0.407 e. The van der Waals surface area contributed by atoms with Gasteiger partial charge in [0.05, 0.1) is 36.0 Å². The molecule has 0 bridgehead atoms. The molecule has 2 aromatic heterocycles. The Hall–Kier alpha value is -3.91. The van der Waals surface area contributed by atoms with Crippen LogP contribution in [0.15, 0.2) is 30.5 Å². The van der Waals surface area contributed by atoms with E-state index in [1.807, 2.05) is 38.2 Å². The van der Waals surface area contributed by atoms with Crippen molar-refractivity contribution in [2.75, 3.05) is 23.8 Å². The summed E-state index contributed by atoms with van der Waals surface area (Å²) in [6.45, 7) is 9.51. The molecule has 0 spiro atoms. The molecule has 0 saturated heterocycles. The van der Waals surface area contributed by atoms with Crippen molar-refractivity contribution >= 4 is 34.3 Å². The molecule has 3 rings (SSSR count). The van der Waals surface area contributed by atoms with Crippen LogP contribution in [0.1, 0.15) is 40.2 Å². The van der Waals surface area contributed by atoms with E-state index < -0.39 is 29.6 Å². The van der Waals surface area contributed by atoms with Crippen LogP contribution in [0.2, 0.25) is 0 Å². The highest BCUT2D eigenvalue weighted by Crippen LogP contribution is 2.26. The van der Waals surface area contributed by atoms with E-state index in [0.29, 0.717) is 12.3 Å². The van der Waals surface area contributed by atoms with Crippen molar-refractivity contribution in [2.24, 2.45) is 7.05 Å². The summed E-state index contributed by atoms with van der Waals surface area (Å²) >= 11 is 0. The van der Waals surface area contributed by atoms with Crippen molar-refractivity contribution in [1.82, 2.24) is 20.1 Å². The van der Waals surface area contributed by atoms with Crippen molar-refractivity contribution in [2.45, 2.75) is 52.3 Å². The molecule has 0 aliphatic rings. The standard InChI is InChI=1S/C25H32FN7O3/c1-7-35-14-20(15(2)29-24(34)36-25(3,4)5)31-23-19(26)11-16(12-27)22(32-23)30-18-8-9-21-17(10-18)13-28-33(21)6/h8-11,13,15,20H,7,14H2,1-6H3,(H,29,34)(H2,30,31,32)/t15-,20+/m0/s1. The average molecular weight is 498 g/mol. The number of halogens is 1. The summed E-state index contributed by atoms with van der Waals surface area (Å²) in [6, 6.07) is 7.65. The quantitative estimate of drug-likeness (QED) is 0.396. The first-order valence-corrected chi connectivity index (χ1v) is 11.6. The maximum absolute atomic E-state index is 14.9. The first-order chi connectivity index (χ1) is 17.0. The molecule has 2 heterocycles. The van der Waals surface area contributed by atoms with Crippen LogP contribution in [0.5, 0.6) is 0 Å². The lowest BCUT2D eigenvalue weighted by Gasteiger charge is -2.28. The number of hydrogen-bond donors (Lipinski definition) is 3. The van der Waals surface area contributed by atoms with Gasteiger partial charge >= 0.3 is 6.09 Å². The minimum absolute atomic E-state index is 0.0469. The number of amides is 1. The molecule has 0 fully saturated rings. The molecule has 11 heteroatoms. The van der Waals surface area contributed by atoms with Gasteiger partial charge in [0.15, 0.2) is 17.5 Å². The molecule has 1 aromatic carbocycles. The van der Waals surface area contributed by atoms with Gasteiger partial charge in [-0.15, -0.1) is 0 Å². The van der Waals surface area contributed by atoms with E-state index in [4.69, 9.17) is 9.47 Å². The summed E-state index contributed by atoms with van der Waals surface area (Å²) in [5.41, 5.74) is 1.00. The van der Waals surface area contributed by atoms with E-state index in [1.165, 1.54) is 0 Å². The summed E-state index contributed by atoms with van der Waals surface area (Å²) in [5.74, 6) is -0.597. The van der Waals surface area contributed by atoms with Crippen LogP contribution >= 0.6 is 0 Å². The molecule has 0 aliphatic carbocycles. The Kier molecular flexibility index (Phi) is 8.32. The Labute approximate surface area is 209 Å². The minimum atomic E-state index is -0.703. The predicted molar refractivity (Wildman–Crippen MR) is 136 cm³/mol. The number of nitriles is 1. The predicted octanol–water partition coefficient (Wildman–Crippen LogP) is 4.45. The number of fused-ring (bicyclic) bond motifs is 1. The van der Waals surface area contributed by atoms with E-state index in [0.717, 1.165) is 17.0 Å². The van der Waals surface area contributed by atoms with Crippen LogP contribution < -0.4 is 16.0 Å². The molecule has 10 nitrogen and oxygen atoms in total. The summed E-state index contributed by atoms with van der Waals surface area (Å²) < 4.78 is 27.6. The molecule has 192 valence electrons. The van der Waals surface area contributed by atoms with E-state index >= 15 is 0 Å². The number of ether oxygens (including phenoxy) is 2. The highest BCUT2D eigenvalue weighted by molar-refractivity contribution is 5.83. The number of aromatic nitrogens is 3. The lowest BCUT2D eigenvalue weighted by atomic mass is 10.1. The van der Waals surface area contributed by atoms with Crippen LogP contribution in [-0.4, -0.2) is 51.8 Å². The van der Waals surface area contributed by atoms with Crippen molar-refractivity contribution < 1.29 is 18.7 Å². The minimum Gasteiger partial charge on any atom is -0.444 e. The number of nitrogens with zero attached hydrogens (tertiary/aromatic N) is 4. The Bertz CT molecular complexity index is 1260. The second kappa shape index (κ2) is 11.2. The SMILES string of the molecule is CCOC[C@@H](Nc1nc(Nc2ccc3c(cnn3C)c2)c(C#N)cc1F)[C@H](C)NC(=O)OC(C)(C)C. The van der Waals surface area contributed by atoms with Gasteiger partial charge in [0.25, 0.3) is 0 Å². The maximum Gasteiger partial charge on any atom is 0.407 e. The van der Waals surface area contributed by atoms with E-state index in [-0.39, 0.29) is 23.8 Å². The fourth-order valence-electron chi connectivity index (χ4n) is 3.47. The molecular formula is C25H32FN7O3. The Morgan fingerprint density at radius 1 is 1.28 bits per heavy atom. The number of carbonyl (C=O) groups excluding carboxylic acids is 1. The van der Waals surface area contributed by atoms with Crippen molar-refractivity contribution in [3.05, 3.63) is 41.8 Å². The molecule has 0 saturated carbocycles. The Morgan fingerprint density at radius 2 is 2.03 bits per heavy atom. The molecule has 0 aliphatic heterocycles. The first kappa shape index (κ1) is 26.7. The van der Waals surface area contributed by atoms with Gasteiger partial charge in [-0.3, -0.25) is 4.68 Å². The van der Waals surface area contributed by atoms with Crippen LogP contribution in [0.25, 0.3) is 10.9 Å². The summed E-state index contributed by atoms with van der Waals surface area (Å²) in [7, 11) is 1.85. The Morgan fingerprint density at radius 3 is 2.69 bits per heavy atom. The first-order valence-electron chi connectivity index (χ1n) is 11.6. The molecule has 3 N–H and O–H groups in total. The highest BCUT2D eigenvalue weighted by atomic mass is 19.1. The summed E-state index contributed by atoms with van der Waals surface area (Å²) in [4.78, 5) is 16.6. The zero-order valence-corrected chi connectivity index (χ0v) is 21.3. The van der Waals surface area contributed by atoms with Crippen LogP contribution in [0, 0.1) is 17.1 Å². The normalized spacial score (nSPS) is 13.1. The van der Waals surface area contributed by atoms with Gasteiger partial charge in [0.1, 0.15) is 11.7 Å². The summed E-state index contributed by atoms with van der Waals surface area (Å²) in [6.07, 6.45) is 1.13. The zero-order chi connectivity index (χ0) is 26.5. The topological polar surface area (TPSA) is 126 Å². The van der Waals surface area contributed by atoms with Crippen molar-refractivity contribution in [3.63, 3.8) is 0 Å². The molecule has 0 unspecified atom stereocenters. The number of aryl methyl sites for hydroxylation is 1. The molecule has 2 atom stereocenters. The third kappa shape index (κ3) is 6.82. The second-order valence-electron chi connectivity index (χ2n) is 9.34. The fraction of sp³-hybridized carbons (Fsp3) is 0.440. The monoisotopic (exact) mass is 497 g/mol. The van der Waals surface area contributed by atoms with Gasteiger partial charge in [-0.05, 0) is 58.9 Å². The fourth-order valence-corrected chi connectivity index (χ4v) is 3.47. The van der Waals surface area contributed by atoms with E-state index in [1.54, 1.807) is 38.6 Å². The third-order valence-electron chi connectivity index (χ3n) is 5.28. The van der Waals surface area contributed by atoms with Gasteiger partial charge in [0, 0.05) is 24.7 Å². The molecule has 0 radical (unpaired) electrons. The number of nitrogens with one attached hydrogen (secondary N) is 3. The molecule has 36 heavy (non-hydrogen) atoms. The molecule has 3 aromatic rings. The van der Waals surface area contributed by atoms with Crippen LogP contribution in [-0.2, 0) is 16.5 Å². The van der Waals surface area contributed by atoms with E-state index in [9.17, 15) is 14.4 Å². The number of alkyl carbamates (subject to hydrolysis) is 1. The lowest BCUT2D eigenvalue weighted by Crippen LogP contribution is -2.48. The third-order valence-corrected chi connectivity index (χ3v) is 5.28. The largest absolute Gasteiger partial charge is 0.444 e. The molecular weight excluding hydrogens is 465 g/mol. The van der Waals surface area contributed by atoms with Gasteiger partial charge in [-0.1, -0.05) is 0 Å². The maximum atomic E-state index is 14.9. The number of rotatable bonds is 9. The average Bonchev–Trinajstić information content (AvgIpc) is 3.16. The van der Waals surface area contributed by atoms with Gasteiger partial charge in [0.2, 0.25) is 0 Å².